The Hall–Kier alpha value is -0.640. The van der Waals surface area contributed by atoms with Gasteiger partial charge in [-0.05, 0) is 12.8 Å². The summed E-state index contributed by atoms with van der Waals surface area (Å²) < 4.78 is 4.60. The zero-order valence-electron chi connectivity index (χ0n) is 17.3. The molecule has 0 aliphatic rings. The molecule has 2 aromatic heterocycles. The average Bonchev–Trinajstić information content (AvgIpc) is 2.59. The molecule has 0 fully saturated rings. The number of hydrogen-bond donors (Lipinski definition) is 2. The summed E-state index contributed by atoms with van der Waals surface area (Å²) in [5.41, 5.74) is 15.8. The van der Waals surface area contributed by atoms with Crippen LogP contribution in [0.5, 0.6) is 0 Å². The van der Waals surface area contributed by atoms with Crippen molar-refractivity contribution >= 4 is 11.4 Å². The zero-order valence-corrected chi connectivity index (χ0v) is 21.7. The Labute approximate surface area is 205 Å². The highest BCUT2D eigenvalue weighted by Crippen LogP contribution is 2.09. The fraction of sp³-hybridized carbons (Fsp3) is 0.545. The molecule has 28 heavy (non-hydrogen) atoms. The first kappa shape index (κ1) is 27.4. The van der Waals surface area contributed by atoms with Crippen LogP contribution in [-0.2, 0) is 13.1 Å². The van der Waals surface area contributed by atoms with Crippen molar-refractivity contribution in [3.8, 4) is 0 Å². The number of halogens is 2. The van der Waals surface area contributed by atoms with E-state index in [0.717, 1.165) is 24.5 Å². The molecular formula is C22H36I2N4. The summed E-state index contributed by atoms with van der Waals surface area (Å²) in [6.07, 6.45) is 14.8. The predicted octanol–water partition coefficient (Wildman–Crippen LogP) is -2.13. The summed E-state index contributed by atoms with van der Waals surface area (Å²) in [6, 6.07) is 8.06. The van der Waals surface area contributed by atoms with Gasteiger partial charge in [0.05, 0.1) is 0 Å². The van der Waals surface area contributed by atoms with Crippen molar-refractivity contribution in [1.29, 1.82) is 0 Å². The van der Waals surface area contributed by atoms with Gasteiger partial charge in [-0.15, -0.1) is 0 Å². The Bertz CT molecular complexity index is 633. The van der Waals surface area contributed by atoms with Crippen LogP contribution in [-0.4, -0.2) is 0 Å². The van der Waals surface area contributed by atoms with Crippen LogP contribution in [0.15, 0.2) is 36.7 Å². The van der Waals surface area contributed by atoms with Crippen molar-refractivity contribution in [3.63, 3.8) is 0 Å². The van der Waals surface area contributed by atoms with Gasteiger partial charge in [0.2, 0.25) is 0 Å². The van der Waals surface area contributed by atoms with E-state index in [1.165, 1.54) is 62.8 Å². The van der Waals surface area contributed by atoms with Gasteiger partial charge in [0.25, 0.3) is 0 Å². The lowest BCUT2D eigenvalue weighted by Gasteiger charge is -2.03. The molecule has 0 atom stereocenters. The van der Waals surface area contributed by atoms with Crippen LogP contribution in [0.3, 0.4) is 0 Å². The van der Waals surface area contributed by atoms with E-state index in [2.05, 4.69) is 35.4 Å². The van der Waals surface area contributed by atoms with Crippen LogP contribution in [0.2, 0.25) is 0 Å². The van der Waals surface area contributed by atoms with Crippen molar-refractivity contribution in [2.75, 3.05) is 11.5 Å². The molecule has 4 N–H and O–H groups in total. The number of nitrogens with zero attached hydrogens (tertiary/aromatic N) is 2. The second-order valence-corrected chi connectivity index (χ2v) is 7.42. The lowest BCUT2D eigenvalue weighted by atomic mass is 10.1. The Morgan fingerprint density at radius 3 is 1.25 bits per heavy atom. The summed E-state index contributed by atoms with van der Waals surface area (Å²) in [5.74, 6) is 0. The smallest absolute Gasteiger partial charge is 0.180 e. The van der Waals surface area contributed by atoms with Crippen LogP contribution in [0, 0.1) is 13.8 Å². The van der Waals surface area contributed by atoms with E-state index in [1.54, 1.807) is 0 Å². The van der Waals surface area contributed by atoms with Gasteiger partial charge in [-0.1, -0.05) is 25.7 Å². The molecule has 0 saturated carbocycles. The van der Waals surface area contributed by atoms with E-state index in [0.29, 0.717) is 0 Å². The highest BCUT2D eigenvalue weighted by atomic mass is 127. The number of pyridine rings is 2. The number of unbranched alkanes of at least 4 members (excludes halogenated alkanes) is 7. The van der Waals surface area contributed by atoms with Crippen molar-refractivity contribution in [2.24, 2.45) is 0 Å². The van der Waals surface area contributed by atoms with E-state index >= 15 is 0 Å². The third-order valence-electron chi connectivity index (χ3n) is 5.10. The zero-order chi connectivity index (χ0) is 18.8. The van der Waals surface area contributed by atoms with Crippen molar-refractivity contribution in [3.05, 3.63) is 48.0 Å². The molecule has 6 heteroatoms. The summed E-state index contributed by atoms with van der Waals surface area (Å²) in [7, 11) is 0. The maximum absolute atomic E-state index is 5.80. The monoisotopic (exact) mass is 610 g/mol. The minimum atomic E-state index is 0. The highest BCUT2D eigenvalue weighted by molar-refractivity contribution is 5.35. The van der Waals surface area contributed by atoms with E-state index in [-0.39, 0.29) is 48.0 Å². The summed E-state index contributed by atoms with van der Waals surface area (Å²) >= 11 is 0. The molecule has 0 unspecified atom stereocenters. The van der Waals surface area contributed by atoms with Gasteiger partial charge >= 0.3 is 0 Å². The number of nitrogen functional groups attached to an aromatic ring is 2. The molecule has 0 amide bonds. The predicted molar refractivity (Wildman–Crippen MR) is 109 cm³/mol. The first-order valence-corrected chi connectivity index (χ1v) is 10.1. The van der Waals surface area contributed by atoms with E-state index < -0.39 is 0 Å². The minimum Gasteiger partial charge on any atom is -1.00 e. The largest absolute Gasteiger partial charge is 1.00 e. The number of rotatable bonds is 11. The molecule has 0 aliphatic heterocycles. The van der Waals surface area contributed by atoms with E-state index in [4.69, 9.17) is 11.5 Å². The maximum atomic E-state index is 5.80. The van der Waals surface area contributed by atoms with Gasteiger partial charge in [-0.25, -0.2) is 9.13 Å². The summed E-state index contributed by atoms with van der Waals surface area (Å²) in [6.45, 7) is 6.45. The quantitative estimate of drug-likeness (QED) is 0.174. The lowest BCUT2D eigenvalue weighted by Crippen LogP contribution is -3.00. The topological polar surface area (TPSA) is 59.8 Å². The van der Waals surface area contributed by atoms with Crippen molar-refractivity contribution < 1.29 is 57.1 Å². The van der Waals surface area contributed by atoms with Gasteiger partial charge in [-0.3, -0.25) is 0 Å². The molecule has 4 nitrogen and oxygen atoms in total. The molecule has 2 aromatic rings. The Kier molecular flexibility index (Phi) is 14.9. The molecular weight excluding hydrogens is 574 g/mol. The Morgan fingerprint density at radius 2 is 0.929 bits per heavy atom. The first-order chi connectivity index (χ1) is 12.6. The first-order valence-electron chi connectivity index (χ1n) is 10.1. The molecule has 0 aromatic carbocycles. The molecule has 0 aliphatic carbocycles. The SMILES string of the molecule is Cc1cc(N)cc[n+]1CCCCCCCCCC[n+]1ccc(N)cc1C.[I-].[I-]. The number of hydrogen-bond acceptors (Lipinski definition) is 2. The lowest BCUT2D eigenvalue weighted by molar-refractivity contribution is -0.703. The number of aryl methyl sites for hydroxylation is 4. The third kappa shape index (κ3) is 10.2. The molecule has 2 heterocycles. The van der Waals surface area contributed by atoms with Gasteiger partial charge in [-0.2, -0.15) is 0 Å². The Morgan fingerprint density at radius 1 is 0.607 bits per heavy atom. The van der Waals surface area contributed by atoms with Crippen LogP contribution in [0.1, 0.15) is 62.8 Å². The normalized spacial score (nSPS) is 10.2. The fourth-order valence-electron chi connectivity index (χ4n) is 3.46. The molecule has 0 bridgehead atoms. The van der Waals surface area contributed by atoms with Gasteiger partial charge in [0.1, 0.15) is 13.1 Å². The third-order valence-corrected chi connectivity index (χ3v) is 5.10. The maximum Gasteiger partial charge on any atom is 0.180 e. The van der Waals surface area contributed by atoms with Crippen LogP contribution in [0.4, 0.5) is 11.4 Å². The standard InChI is InChI=1S/C22H34N4.2HI/c1-19-17-21(23)11-15-25(19)13-9-7-5-3-4-6-8-10-14-26-16-12-22(24)18-20(26)2;;/h11-12,15-18,23-24H,3-10,13-14H2,1-2H3;2*1H. The van der Waals surface area contributed by atoms with Crippen molar-refractivity contribution in [1.82, 2.24) is 0 Å². The highest BCUT2D eigenvalue weighted by Gasteiger charge is 2.06. The number of anilines is 2. The fourth-order valence-corrected chi connectivity index (χ4v) is 3.46. The van der Waals surface area contributed by atoms with Gasteiger partial charge < -0.3 is 59.4 Å². The van der Waals surface area contributed by atoms with Crippen LogP contribution >= 0.6 is 0 Å². The molecule has 0 radical (unpaired) electrons. The Balaban J connectivity index is 0.00000364. The second kappa shape index (κ2) is 15.2. The van der Waals surface area contributed by atoms with Crippen molar-refractivity contribution in [2.45, 2.75) is 78.3 Å². The van der Waals surface area contributed by atoms with E-state index in [1.807, 2.05) is 24.3 Å². The number of aromatic nitrogens is 2. The van der Waals surface area contributed by atoms with Gasteiger partial charge in [0, 0.05) is 62.3 Å². The molecule has 0 spiro atoms. The average molecular weight is 610 g/mol. The van der Waals surface area contributed by atoms with Crippen LogP contribution in [0.25, 0.3) is 0 Å². The number of nitrogens with two attached hydrogens (primary N) is 2. The van der Waals surface area contributed by atoms with E-state index in [9.17, 15) is 0 Å². The van der Waals surface area contributed by atoms with Gasteiger partial charge in [0.15, 0.2) is 23.8 Å². The summed E-state index contributed by atoms with van der Waals surface area (Å²) in [4.78, 5) is 0. The molecule has 0 saturated heterocycles. The van der Waals surface area contributed by atoms with Crippen LogP contribution < -0.4 is 68.6 Å². The second-order valence-electron chi connectivity index (χ2n) is 7.42. The summed E-state index contributed by atoms with van der Waals surface area (Å²) in [5, 5.41) is 0. The molecule has 158 valence electrons. The molecule has 2 rings (SSSR count). The minimum absolute atomic E-state index is 0.